The van der Waals surface area contributed by atoms with E-state index in [4.69, 9.17) is 18.9 Å². The van der Waals surface area contributed by atoms with Crippen molar-refractivity contribution in [3.05, 3.63) is 0 Å². The van der Waals surface area contributed by atoms with E-state index in [1.54, 1.807) is 0 Å². The van der Waals surface area contributed by atoms with Crippen LogP contribution in [0.2, 0.25) is 24.2 Å². The van der Waals surface area contributed by atoms with Gasteiger partial charge in [-0.15, -0.1) is 0 Å². The van der Waals surface area contributed by atoms with Crippen LogP contribution in [0.15, 0.2) is 0 Å². The van der Waals surface area contributed by atoms with Crippen LogP contribution in [0.3, 0.4) is 0 Å². The summed E-state index contributed by atoms with van der Waals surface area (Å²) in [6.45, 7) is 10.9. The van der Waals surface area contributed by atoms with E-state index < -0.39 is 0 Å². The Kier molecular flexibility index (Phi) is 15.9. The molecule has 0 fully saturated rings. The number of ether oxygens (including phenoxy) is 4. The largest absolute Gasteiger partial charge is 0.353 e. The summed E-state index contributed by atoms with van der Waals surface area (Å²) in [5.41, 5.74) is 0. The zero-order valence-electron chi connectivity index (χ0n) is 13.4. The lowest BCUT2D eigenvalue weighted by molar-refractivity contribution is -0.123. The van der Waals surface area contributed by atoms with Gasteiger partial charge in [0.05, 0.1) is 0 Å². The van der Waals surface area contributed by atoms with Crippen LogP contribution < -0.4 is 0 Å². The summed E-state index contributed by atoms with van der Waals surface area (Å²) in [5, 5.41) is 0. The zero-order chi connectivity index (χ0) is 15.1. The molecule has 0 bridgehead atoms. The molecule has 0 rings (SSSR count). The fourth-order valence-electron chi connectivity index (χ4n) is 1.69. The second kappa shape index (κ2) is 15.7. The molecule has 0 spiro atoms. The highest BCUT2D eigenvalue weighted by atomic mass is 28.2. The monoisotopic (exact) mass is 318 g/mol. The SMILES string of the molecule is CCOC(C[Si]CC[Si]CC(OCC)OCC)OCC. The smallest absolute Gasteiger partial charge is 0.154 e. The highest BCUT2D eigenvalue weighted by Crippen LogP contribution is 2.07. The Morgan fingerprint density at radius 1 is 0.600 bits per heavy atom. The molecule has 0 aromatic heterocycles. The maximum Gasteiger partial charge on any atom is 0.154 e. The van der Waals surface area contributed by atoms with Gasteiger partial charge in [-0.1, -0.05) is 12.1 Å². The molecule has 4 radical (unpaired) electrons. The van der Waals surface area contributed by atoms with Crippen LogP contribution in [0.25, 0.3) is 0 Å². The molecule has 0 aliphatic rings. The van der Waals surface area contributed by atoms with Crippen molar-refractivity contribution in [2.45, 2.75) is 64.5 Å². The normalized spacial score (nSPS) is 11.7. The molecule has 0 heterocycles. The van der Waals surface area contributed by atoms with Gasteiger partial charge in [0.2, 0.25) is 0 Å². The van der Waals surface area contributed by atoms with E-state index in [-0.39, 0.29) is 12.6 Å². The fraction of sp³-hybridized carbons (Fsp3) is 1.00. The van der Waals surface area contributed by atoms with Gasteiger partial charge in [0.1, 0.15) is 0 Å². The van der Waals surface area contributed by atoms with Crippen LogP contribution in [0, 0.1) is 0 Å². The summed E-state index contributed by atoms with van der Waals surface area (Å²) in [5.74, 6) is 0. The average molecular weight is 319 g/mol. The van der Waals surface area contributed by atoms with Gasteiger partial charge in [-0.2, -0.15) is 0 Å². The van der Waals surface area contributed by atoms with Gasteiger partial charge in [-0.25, -0.2) is 0 Å². The van der Waals surface area contributed by atoms with E-state index in [0.717, 1.165) is 57.6 Å². The van der Waals surface area contributed by atoms with E-state index in [1.807, 2.05) is 27.7 Å². The maximum absolute atomic E-state index is 5.54. The van der Waals surface area contributed by atoms with E-state index in [0.29, 0.717) is 0 Å². The minimum Gasteiger partial charge on any atom is -0.353 e. The van der Waals surface area contributed by atoms with E-state index >= 15 is 0 Å². The molecule has 4 nitrogen and oxygen atoms in total. The number of rotatable bonds is 15. The molecule has 20 heavy (non-hydrogen) atoms. The predicted molar refractivity (Wildman–Crippen MR) is 84.8 cm³/mol. The lowest BCUT2D eigenvalue weighted by atomic mass is 10.7. The third-order valence-corrected chi connectivity index (χ3v) is 5.46. The molecule has 0 aromatic rings. The molecule has 118 valence electrons. The van der Waals surface area contributed by atoms with Crippen LogP contribution in [-0.2, 0) is 18.9 Å². The van der Waals surface area contributed by atoms with Gasteiger partial charge in [0.15, 0.2) is 12.6 Å². The maximum atomic E-state index is 5.54. The Bertz CT molecular complexity index is 164. The fourth-order valence-corrected chi connectivity index (χ4v) is 4.46. The molecule has 0 aliphatic carbocycles. The Hall–Kier alpha value is 0.274. The van der Waals surface area contributed by atoms with Crippen molar-refractivity contribution in [2.24, 2.45) is 0 Å². The van der Waals surface area contributed by atoms with Gasteiger partial charge in [-0.05, 0) is 39.8 Å². The topological polar surface area (TPSA) is 36.9 Å². The quantitative estimate of drug-likeness (QED) is 0.264. The Morgan fingerprint density at radius 3 is 1.15 bits per heavy atom. The Morgan fingerprint density at radius 2 is 0.900 bits per heavy atom. The molecule has 0 amide bonds. The lowest BCUT2D eigenvalue weighted by Crippen LogP contribution is -2.20. The molecular weight excluding hydrogens is 288 g/mol. The molecule has 0 saturated heterocycles. The van der Waals surface area contributed by atoms with Crippen LogP contribution in [0.5, 0.6) is 0 Å². The van der Waals surface area contributed by atoms with Crippen LogP contribution in [0.4, 0.5) is 0 Å². The second-order valence-electron chi connectivity index (χ2n) is 4.09. The Labute approximate surface area is 129 Å². The third kappa shape index (κ3) is 12.0. The highest BCUT2D eigenvalue weighted by Gasteiger charge is 2.09. The van der Waals surface area contributed by atoms with E-state index in [9.17, 15) is 0 Å². The minimum atomic E-state index is -0.00809. The molecule has 6 heteroatoms. The van der Waals surface area contributed by atoms with Gasteiger partial charge in [0, 0.05) is 45.5 Å². The van der Waals surface area contributed by atoms with Crippen molar-refractivity contribution in [1.29, 1.82) is 0 Å². The van der Waals surface area contributed by atoms with Crippen molar-refractivity contribution in [3.63, 3.8) is 0 Å². The summed E-state index contributed by atoms with van der Waals surface area (Å²) in [7, 11) is 1.83. The summed E-state index contributed by atoms with van der Waals surface area (Å²) >= 11 is 0. The van der Waals surface area contributed by atoms with Crippen molar-refractivity contribution in [2.75, 3.05) is 26.4 Å². The first-order chi connectivity index (χ1) is 9.78. The first-order valence-electron chi connectivity index (χ1n) is 7.66. The lowest BCUT2D eigenvalue weighted by Gasteiger charge is -2.17. The first-order valence-corrected chi connectivity index (χ1v) is 10.5. The van der Waals surface area contributed by atoms with Crippen molar-refractivity contribution < 1.29 is 18.9 Å². The van der Waals surface area contributed by atoms with Gasteiger partial charge < -0.3 is 18.9 Å². The molecule has 0 atom stereocenters. The first kappa shape index (κ1) is 20.3. The predicted octanol–water partition coefficient (Wildman–Crippen LogP) is 2.87. The van der Waals surface area contributed by atoms with Gasteiger partial charge in [-0.3, -0.25) is 0 Å². The van der Waals surface area contributed by atoms with Crippen LogP contribution in [-0.4, -0.2) is 58.0 Å². The summed E-state index contributed by atoms with van der Waals surface area (Å²) in [6, 6.07) is 4.54. The molecule has 0 aromatic carbocycles. The minimum absolute atomic E-state index is 0.00809. The molecule has 0 N–H and O–H groups in total. The molecule has 0 aliphatic heterocycles. The van der Waals surface area contributed by atoms with E-state index in [2.05, 4.69) is 0 Å². The summed E-state index contributed by atoms with van der Waals surface area (Å²) < 4.78 is 22.2. The average Bonchev–Trinajstić information content (AvgIpc) is 2.43. The molecule has 0 saturated carbocycles. The summed E-state index contributed by atoms with van der Waals surface area (Å²) in [6.07, 6.45) is -0.0162. The van der Waals surface area contributed by atoms with E-state index in [1.165, 1.54) is 12.1 Å². The second-order valence-corrected chi connectivity index (χ2v) is 6.91. The number of hydrogen-bond acceptors (Lipinski definition) is 4. The van der Waals surface area contributed by atoms with Crippen LogP contribution >= 0.6 is 0 Å². The molecular formula is C14H30O4Si2. The Balaban J connectivity index is 3.53. The van der Waals surface area contributed by atoms with Crippen molar-refractivity contribution in [1.82, 2.24) is 0 Å². The zero-order valence-corrected chi connectivity index (χ0v) is 15.4. The standard InChI is InChI=1S/C14H30O4Si2/c1-5-15-13(16-6-2)11-19-9-10-20-12-14(17-7-3)18-8-4/h13-14H,5-12H2,1-4H3. The highest BCUT2D eigenvalue weighted by molar-refractivity contribution is 6.42. The third-order valence-electron chi connectivity index (χ3n) is 2.51. The number of hydrogen-bond donors (Lipinski definition) is 0. The summed E-state index contributed by atoms with van der Waals surface area (Å²) in [4.78, 5) is 0. The van der Waals surface area contributed by atoms with Gasteiger partial charge in [0.25, 0.3) is 0 Å². The van der Waals surface area contributed by atoms with Crippen LogP contribution in [0.1, 0.15) is 27.7 Å². The molecule has 0 unspecified atom stereocenters. The van der Waals surface area contributed by atoms with Gasteiger partial charge >= 0.3 is 0 Å². The van der Waals surface area contributed by atoms with Crippen molar-refractivity contribution >= 4 is 19.0 Å². The van der Waals surface area contributed by atoms with Crippen molar-refractivity contribution in [3.8, 4) is 0 Å².